The molecule has 15 heavy (non-hydrogen) atoms. The van der Waals surface area contributed by atoms with Gasteiger partial charge in [-0.05, 0) is 12.1 Å². The van der Waals surface area contributed by atoms with E-state index in [1.807, 2.05) is 0 Å². The normalized spacial score (nSPS) is 11.5. The van der Waals surface area contributed by atoms with Crippen molar-refractivity contribution in [2.24, 2.45) is 10.9 Å². The van der Waals surface area contributed by atoms with Crippen molar-refractivity contribution < 1.29 is 14.0 Å². The van der Waals surface area contributed by atoms with Gasteiger partial charge in [0.25, 0.3) is 0 Å². The predicted octanol–water partition coefficient (Wildman–Crippen LogP) is 1.89. The number of hydrogen-bond donors (Lipinski definition) is 3. The van der Waals surface area contributed by atoms with Crippen molar-refractivity contribution in [3.05, 3.63) is 28.2 Å². The average molecular weight is 280 g/mol. The zero-order chi connectivity index (χ0) is 11.4. The lowest BCUT2D eigenvalue weighted by Crippen LogP contribution is -2.23. The summed E-state index contributed by atoms with van der Waals surface area (Å²) in [5.74, 6) is -1.68. The summed E-state index contributed by atoms with van der Waals surface area (Å²) in [6.07, 6.45) is 0. The third kappa shape index (κ3) is 3.05. The molecule has 7 heteroatoms. The SMILES string of the molecule is NC(CNc1c(F)cc(Br)cc1F)=NO. The Morgan fingerprint density at radius 2 is 2.00 bits per heavy atom. The minimum absolute atomic E-state index is 0.147. The highest BCUT2D eigenvalue weighted by Crippen LogP contribution is 2.23. The smallest absolute Gasteiger partial charge is 0.158 e. The fraction of sp³-hybridized carbons (Fsp3) is 0.125. The minimum Gasteiger partial charge on any atom is -0.409 e. The van der Waals surface area contributed by atoms with Gasteiger partial charge < -0.3 is 16.3 Å². The Morgan fingerprint density at radius 3 is 2.47 bits per heavy atom. The molecule has 4 nitrogen and oxygen atoms in total. The number of hydrogen-bond acceptors (Lipinski definition) is 3. The van der Waals surface area contributed by atoms with Crippen LogP contribution in [0.5, 0.6) is 0 Å². The summed E-state index contributed by atoms with van der Waals surface area (Å²) in [5.41, 5.74) is 4.82. The maximum absolute atomic E-state index is 13.2. The molecule has 0 heterocycles. The molecule has 0 radical (unpaired) electrons. The quantitative estimate of drug-likeness (QED) is 0.342. The molecule has 0 aromatic heterocycles. The van der Waals surface area contributed by atoms with Gasteiger partial charge in [-0.2, -0.15) is 0 Å². The molecule has 0 bridgehead atoms. The number of oxime groups is 1. The zero-order valence-corrected chi connectivity index (χ0v) is 9.05. The van der Waals surface area contributed by atoms with Crippen LogP contribution in [0.3, 0.4) is 0 Å². The molecule has 0 saturated carbocycles. The zero-order valence-electron chi connectivity index (χ0n) is 7.47. The van der Waals surface area contributed by atoms with E-state index in [0.29, 0.717) is 4.47 Å². The van der Waals surface area contributed by atoms with E-state index >= 15 is 0 Å². The first-order valence-electron chi connectivity index (χ1n) is 3.89. The van der Waals surface area contributed by atoms with Crippen molar-refractivity contribution in [1.29, 1.82) is 0 Å². The van der Waals surface area contributed by atoms with Crippen LogP contribution in [0.4, 0.5) is 14.5 Å². The summed E-state index contributed by atoms with van der Waals surface area (Å²) in [4.78, 5) is 0. The lowest BCUT2D eigenvalue weighted by atomic mass is 10.3. The Morgan fingerprint density at radius 1 is 1.47 bits per heavy atom. The first-order valence-corrected chi connectivity index (χ1v) is 4.68. The maximum Gasteiger partial charge on any atom is 0.158 e. The van der Waals surface area contributed by atoms with Crippen LogP contribution < -0.4 is 11.1 Å². The number of halogens is 3. The van der Waals surface area contributed by atoms with Crippen LogP contribution in [0.15, 0.2) is 21.8 Å². The molecule has 0 fully saturated rings. The molecule has 4 N–H and O–H groups in total. The number of nitrogens with two attached hydrogens (primary N) is 1. The lowest BCUT2D eigenvalue weighted by Gasteiger charge is -2.07. The van der Waals surface area contributed by atoms with E-state index in [2.05, 4.69) is 26.4 Å². The van der Waals surface area contributed by atoms with Gasteiger partial charge in [-0.25, -0.2) is 8.78 Å². The first-order chi connectivity index (χ1) is 7.04. The Labute approximate surface area is 92.9 Å². The van der Waals surface area contributed by atoms with Gasteiger partial charge in [0.05, 0.1) is 6.54 Å². The van der Waals surface area contributed by atoms with Crippen LogP contribution in [0, 0.1) is 11.6 Å². The molecular weight excluding hydrogens is 272 g/mol. The van der Waals surface area contributed by atoms with E-state index in [1.165, 1.54) is 0 Å². The van der Waals surface area contributed by atoms with Crippen molar-refractivity contribution in [3.8, 4) is 0 Å². The van der Waals surface area contributed by atoms with Crippen molar-refractivity contribution in [2.75, 3.05) is 11.9 Å². The molecule has 1 aromatic rings. The molecule has 0 atom stereocenters. The van der Waals surface area contributed by atoms with E-state index in [9.17, 15) is 8.78 Å². The second-order valence-electron chi connectivity index (χ2n) is 2.69. The molecule has 0 unspecified atom stereocenters. The first kappa shape index (κ1) is 11.7. The maximum atomic E-state index is 13.2. The van der Waals surface area contributed by atoms with E-state index < -0.39 is 11.6 Å². The highest BCUT2D eigenvalue weighted by Gasteiger charge is 2.10. The van der Waals surface area contributed by atoms with Gasteiger partial charge >= 0.3 is 0 Å². The minimum atomic E-state index is -0.757. The van der Waals surface area contributed by atoms with Gasteiger partial charge in [0, 0.05) is 4.47 Å². The standard InChI is InChI=1S/C8H8BrF2N3O/c9-4-1-5(10)8(6(11)2-4)13-3-7(12)14-15/h1-2,13,15H,3H2,(H2,12,14). The van der Waals surface area contributed by atoms with E-state index in [0.717, 1.165) is 12.1 Å². The van der Waals surface area contributed by atoms with Crippen LogP contribution in [-0.2, 0) is 0 Å². The van der Waals surface area contributed by atoms with Crippen molar-refractivity contribution in [2.45, 2.75) is 0 Å². The van der Waals surface area contributed by atoms with Crippen molar-refractivity contribution >= 4 is 27.5 Å². The fourth-order valence-corrected chi connectivity index (χ4v) is 1.33. The van der Waals surface area contributed by atoms with Crippen LogP contribution in [0.2, 0.25) is 0 Å². The van der Waals surface area contributed by atoms with Gasteiger partial charge in [-0.15, -0.1) is 0 Å². The largest absolute Gasteiger partial charge is 0.409 e. The van der Waals surface area contributed by atoms with E-state index in [1.54, 1.807) is 0 Å². The van der Waals surface area contributed by atoms with E-state index in [-0.39, 0.29) is 18.1 Å². The molecule has 0 spiro atoms. The number of rotatable bonds is 3. The molecule has 1 rings (SSSR count). The highest BCUT2D eigenvalue weighted by atomic mass is 79.9. The Hall–Kier alpha value is -1.37. The Bertz CT molecular complexity index is 374. The van der Waals surface area contributed by atoms with Crippen LogP contribution in [0.25, 0.3) is 0 Å². The Balaban J connectivity index is 2.86. The second kappa shape index (κ2) is 4.92. The van der Waals surface area contributed by atoms with Crippen LogP contribution >= 0.6 is 15.9 Å². The number of amidine groups is 1. The van der Waals surface area contributed by atoms with Gasteiger partial charge in [0.2, 0.25) is 0 Å². The van der Waals surface area contributed by atoms with Crippen LogP contribution in [-0.4, -0.2) is 17.6 Å². The molecule has 0 saturated heterocycles. The third-order valence-electron chi connectivity index (χ3n) is 1.58. The average Bonchev–Trinajstić information content (AvgIpc) is 2.15. The van der Waals surface area contributed by atoms with Gasteiger partial charge in [0.1, 0.15) is 17.3 Å². The van der Waals surface area contributed by atoms with Crippen molar-refractivity contribution in [3.63, 3.8) is 0 Å². The summed E-state index contributed by atoms with van der Waals surface area (Å²) in [5, 5.41) is 13.3. The molecule has 0 aliphatic rings. The molecular formula is C8H8BrF2N3O. The third-order valence-corrected chi connectivity index (χ3v) is 2.04. The molecule has 82 valence electrons. The number of nitrogens with zero attached hydrogens (tertiary/aromatic N) is 1. The molecule has 0 aliphatic carbocycles. The van der Waals surface area contributed by atoms with Gasteiger partial charge in [-0.1, -0.05) is 21.1 Å². The monoisotopic (exact) mass is 279 g/mol. The molecule has 0 amide bonds. The lowest BCUT2D eigenvalue weighted by molar-refractivity contribution is 0.317. The van der Waals surface area contributed by atoms with Gasteiger partial charge in [0.15, 0.2) is 5.84 Å². The predicted molar refractivity (Wildman–Crippen MR) is 56.0 cm³/mol. The summed E-state index contributed by atoms with van der Waals surface area (Å²) in [7, 11) is 0. The van der Waals surface area contributed by atoms with E-state index in [4.69, 9.17) is 10.9 Å². The summed E-state index contributed by atoms with van der Waals surface area (Å²) in [6.45, 7) is -0.147. The number of nitrogens with one attached hydrogen (secondary N) is 1. The molecule has 1 aromatic carbocycles. The highest BCUT2D eigenvalue weighted by molar-refractivity contribution is 9.10. The summed E-state index contributed by atoms with van der Waals surface area (Å²) >= 11 is 2.94. The van der Waals surface area contributed by atoms with Gasteiger partial charge in [-0.3, -0.25) is 0 Å². The number of anilines is 1. The Kier molecular flexibility index (Phi) is 3.84. The fourth-order valence-electron chi connectivity index (χ4n) is 0.925. The topological polar surface area (TPSA) is 70.6 Å². The summed E-state index contributed by atoms with van der Waals surface area (Å²) in [6, 6.07) is 2.22. The molecule has 0 aliphatic heterocycles. The number of benzene rings is 1. The van der Waals surface area contributed by atoms with Crippen molar-refractivity contribution in [1.82, 2.24) is 0 Å². The van der Waals surface area contributed by atoms with Crippen LogP contribution in [0.1, 0.15) is 0 Å². The second-order valence-corrected chi connectivity index (χ2v) is 3.61. The summed E-state index contributed by atoms with van der Waals surface area (Å²) < 4.78 is 26.7.